The van der Waals surface area contributed by atoms with Crippen LogP contribution in [-0.4, -0.2) is 28.3 Å². The normalized spacial score (nSPS) is 14.5. The van der Waals surface area contributed by atoms with Crippen LogP contribution in [0.15, 0.2) is 10.3 Å². The van der Waals surface area contributed by atoms with Gasteiger partial charge < -0.3 is 0 Å². The molecule has 0 spiro atoms. The van der Waals surface area contributed by atoms with Crippen molar-refractivity contribution in [2.75, 3.05) is 11.5 Å². The van der Waals surface area contributed by atoms with Crippen LogP contribution in [0.1, 0.15) is 20.8 Å². The van der Waals surface area contributed by atoms with E-state index in [0.717, 1.165) is 5.41 Å². The molecular formula is C7H14O4S2. The maximum absolute atomic E-state index is 11.2. The molecule has 0 aliphatic heterocycles. The number of allylic oxidation sites excluding steroid dienone is 1. The summed E-state index contributed by atoms with van der Waals surface area (Å²) in [6.45, 7) is 4.24. The van der Waals surface area contributed by atoms with Gasteiger partial charge in [0.05, 0.1) is 16.4 Å². The van der Waals surface area contributed by atoms with Crippen molar-refractivity contribution in [1.82, 2.24) is 0 Å². The Morgan fingerprint density at radius 3 is 1.85 bits per heavy atom. The lowest BCUT2D eigenvalue weighted by Crippen LogP contribution is -2.07. The third-order valence-corrected chi connectivity index (χ3v) is 5.14. The third-order valence-electron chi connectivity index (χ3n) is 1.62. The van der Waals surface area contributed by atoms with E-state index in [1.165, 1.54) is 20.8 Å². The van der Waals surface area contributed by atoms with E-state index in [0.29, 0.717) is 0 Å². The second-order valence-electron chi connectivity index (χ2n) is 2.58. The Bertz CT molecular complexity index is 386. The van der Waals surface area contributed by atoms with E-state index in [1.807, 2.05) is 0 Å². The molecule has 0 saturated carbocycles. The fraction of sp³-hybridized carbons (Fsp3) is 0.714. The van der Waals surface area contributed by atoms with E-state index in [1.54, 1.807) is 0 Å². The van der Waals surface area contributed by atoms with Gasteiger partial charge in [0.25, 0.3) is 0 Å². The van der Waals surface area contributed by atoms with Gasteiger partial charge in [0, 0.05) is 5.41 Å². The Balaban J connectivity index is 5.15. The Morgan fingerprint density at radius 1 is 1.08 bits per heavy atom. The Kier molecular flexibility index (Phi) is 4.12. The van der Waals surface area contributed by atoms with E-state index in [-0.39, 0.29) is 16.4 Å². The molecule has 0 atom stereocenters. The highest BCUT2D eigenvalue weighted by Gasteiger charge is 2.13. The van der Waals surface area contributed by atoms with Crippen LogP contribution in [0.2, 0.25) is 0 Å². The molecule has 0 aromatic heterocycles. The molecule has 13 heavy (non-hydrogen) atoms. The Morgan fingerprint density at radius 2 is 1.54 bits per heavy atom. The lowest BCUT2D eigenvalue weighted by Gasteiger charge is -2.00. The minimum atomic E-state index is -3.36. The van der Waals surface area contributed by atoms with Gasteiger partial charge in [-0.05, 0) is 6.92 Å². The number of sulfone groups is 2. The fourth-order valence-electron chi connectivity index (χ4n) is 0.637. The Labute approximate surface area is 79.5 Å². The average Bonchev–Trinajstić information content (AvgIpc) is 2.04. The maximum atomic E-state index is 11.2. The van der Waals surface area contributed by atoms with Crippen molar-refractivity contribution < 1.29 is 16.8 Å². The maximum Gasteiger partial charge on any atom is 0.174 e. The first-order valence-corrected chi connectivity index (χ1v) is 7.25. The molecule has 0 bridgehead atoms. The quantitative estimate of drug-likeness (QED) is 0.708. The molecule has 0 fully saturated rings. The minimum absolute atomic E-state index is 0.0748. The van der Waals surface area contributed by atoms with E-state index in [9.17, 15) is 16.8 Å². The SMILES string of the molecule is CCS(=O)(=O)C=C(C)S(=O)(=O)CC. The van der Waals surface area contributed by atoms with Crippen molar-refractivity contribution in [2.24, 2.45) is 0 Å². The second kappa shape index (κ2) is 4.23. The van der Waals surface area contributed by atoms with Crippen LogP contribution in [0, 0.1) is 0 Å². The molecule has 78 valence electrons. The van der Waals surface area contributed by atoms with E-state index >= 15 is 0 Å². The first kappa shape index (κ1) is 12.6. The van der Waals surface area contributed by atoms with Gasteiger partial charge in [0.2, 0.25) is 0 Å². The molecule has 0 saturated heterocycles. The molecule has 0 heterocycles. The van der Waals surface area contributed by atoms with Gasteiger partial charge in [-0.3, -0.25) is 0 Å². The Hall–Kier alpha value is -0.360. The molecule has 0 aromatic rings. The summed E-state index contributed by atoms with van der Waals surface area (Å²) in [7, 11) is -6.71. The fourth-order valence-corrected chi connectivity index (χ4v) is 2.79. The molecular weight excluding hydrogens is 212 g/mol. The summed E-state index contributed by atoms with van der Waals surface area (Å²) in [6.07, 6.45) is 0. The van der Waals surface area contributed by atoms with E-state index < -0.39 is 19.7 Å². The van der Waals surface area contributed by atoms with E-state index in [4.69, 9.17) is 0 Å². The zero-order chi connectivity index (χ0) is 10.7. The van der Waals surface area contributed by atoms with Crippen LogP contribution >= 0.6 is 0 Å². The monoisotopic (exact) mass is 226 g/mol. The van der Waals surface area contributed by atoms with Gasteiger partial charge >= 0.3 is 0 Å². The summed E-state index contributed by atoms with van der Waals surface area (Å²) in [5.74, 6) is -0.155. The summed E-state index contributed by atoms with van der Waals surface area (Å²) in [6, 6.07) is 0. The van der Waals surface area contributed by atoms with Crippen LogP contribution in [-0.2, 0) is 19.7 Å². The summed E-state index contributed by atoms with van der Waals surface area (Å²) in [5, 5.41) is 0.825. The zero-order valence-electron chi connectivity index (χ0n) is 7.94. The largest absolute Gasteiger partial charge is 0.224 e. The number of hydrogen-bond donors (Lipinski definition) is 0. The van der Waals surface area contributed by atoms with Gasteiger partial charge in [0.1, 0.15) is 0 Å². The zero-order valence-corrected chi connectivity index (χ0v) is 9.57. The molecule has 6 heteroatoms. The molecule has 0 radical (unpaired) electrons. The molecule has 0 amide bonds. The number of hydrogen-bond acceptors (Lipinski definition) is 4. The van der Waals surface area contributed by atoms with Gasteiger partial charge in [-0.15, -0.1) is 0 Å². The van der Waals surface area contributed by atoms with E-state index in [2.05, 4.69) is 0 Å². The average molecular weight is 226 g/mol. The van der Waals surface area contributed by atoms with Gasteiger partial charge in [-0.1, -0.05) is 13.8 Å². The van der Waals surface area contributed by atoms with Crippen LogP contribution < -0.4 is 0 Å². The van der Waals surface area contributed by atoms with Crippen LogP contribution in [0.4, 0.5) is 0 Å². The smallest absolute Gasteiger partial charge is 0.174 e. The highest BCUT2D eigenvalue weighted by molar-refractivity contribution is 7.98. The van der Waals surface area contributed by atoms with Crippen molar-refractivity contribution >= 4 is 19.7 Å². The number of rotatable bonds is 4. The molecule has 0 aliphatic carbocycles. The van der Waals surface area contributed by atoms with Crippen LogP contribution in [0.3, 0.4) is 0 Å². The van der Waals surface area contributed by atoms with Crippen molar-refractivity contribution in [2.45, 2.75) is 20.8 Å². The minimum Gasteiger partial charge on any atom is -0.224 e. The molecule has 4 nitrogen and oxygen atoms in total. The van der Waals surface area contributed by atoms with Crippen LogP contribution in [0.25, 0.3) is 0 Å². The standard InChI is InChI=1S/C7H14O4S2/c1-4-12(8,9)6-7(3)13(10,11)5-2/h6H,4-5H2,1-3H3. The second-order valence-corrected chi connectivity index (χ2v) is 7.17. The summed E-state index contributed by atoms with van der Waals surface area (Å²) in [4.78, 5) is -0.0862. The molecule has 0 aromatic carbocycles. The topological polar surface area (TPSA) is 68.3 Å². The summed E-state index contributed by atoms with van der Waals surface area (Å²) < 4.78 is 44.4. The predicted octanol–water partition coefficient (Wildman–Crippen LogP) is 0.717. The van der Waals surface area contributed by atoms with Gasteiger partial charge in [0.15, 0.2) is 19.7 Å². The lowest BCUT2D eigenvalue weighted by atomic mass is 10.8. The molecule has 0 rings (SSSR count). The van der Waals surface area contributed by atoms with Crippen molar-refractivity contribution in [3.05, 3.63) is 10.3 Å². The lowest BCUT2D eigenvalue weighted by molar-refractivity contribution is 0.599. The van der Waals surface area contributed by atoms with Gasteiger partial charge in [-0.25, -0.2) is 16.8 Å². The molecule has 0 N–H and O–H groups in total. The van der Waals surface area contributed by atoms with Gasteiger partial charge in [-0.2, -0.15) is 0 Å². The van der Waals surface area contributed by atoms with Crippen molar-refractivity contribution in [3.8, 4) is 0 Å². The highest BCUT2D eigenvalue weighted by Crippen LogP contribution is 2.08. The predicted molar refractivity (Wildman–Crippen MR) is 52.7 cm³/mol. The first-order valence-electron chi connectivity index (χ1n) is 3.89. The van der Waals surface area contributed by atoms with Crippen molar-refractivity contribution in [1.29, 1.82) is 0 Å². The first-order chi connectivity index (χ1) is 5.75. The van der Waals surface area contributed by atoms with Crippen molar-refractivity contribution in [3.63, 3.8) is 0 Å². The molecule has 0 aliphatic rings. The van der Waals surface area contributed by atoms with Crippen LogP contribution in [0.5, 0.6) is 0 Å². The summed E-state index contributed by atoms with van der Waals surface area (Å²) >= 11 is 0. The highest BCUT2D eigenvalue weighted by atomic mass is 32.2. The third kappa shape index (κ3) is 3.91. The molecule has 0 unspecified atom stereocenters. The summed E-state index contributed by atoms with van der Waals surface area (Å²) in [5.41, 5.74) is 0.